The average Bonchev–Trinajstić information content (AvgIpc) is 3.41. The summed E-state index contributed by atoms with van der Waals surface area (Å²) in [6, 6.07) is 10.5. The van der Waals surface area contributed by atoms with E-state index in [1.165, 1.54) is 6.07 Å². The molecule has 8 heteroatoms. The van der Waals surface area contributed by atoms with Crippen LogP contribution in [0.4, 0.5) is 8.78 Å². The average molecular weight is 445 g/mol. The molecule has 3 atom stereocenters. The summed E-state index contributed by atoms with van der Waals surface area (Å²) in [7, 11) is 0. The minimum absolute atomic E-state index is 0.0596. The third-order valence-electron chi connectivity index (χ3n) is 6.24. The topological polar surface area (TPSA) is 43.2 Å². The molecule has 5 rings (SSSR count). The van der Waals surface area contributed by atoms with Crippen molar-refractivity contribution in [2.24, 2.45) is 0 Å². The van der Waals surface area contributed by atoms with Gasteiger partial charge in [0, 0.05) is 24.2 Å². The van der Waals surface area contributed by atoms with E-state index in [1.807, 2.05) is 32.0 Å². The van der Waals surface area contributed by atoms with Crippen LogP contribution >= 0.6 is 11.6 Å². The highest BCUT2D eigenvalue weighted by molar-refractivity contribution is 6.30. The van der Waals surface area contributed by atoms with Gasteiger partial charge in [0.05, 0.1) is 11.7 Å². The van der Waals surface area contributed by atoms with Gasteiger partial charge in [-0.3, -0.25) is 9.47 Å². The maximum Gasteiger partial charge on any atom is 0.167 e. The van der Waals surface area contributed by atoms with Gasteiger partial charge in [0.2, 0.25) is 0 Å². The Bertz CT molecular complexity index is 1120. The highest BCUT2D eigenvalue weighted by Gasteiger charge is 2.41. The SMILES string of the molecule is Cc1nnc(C)n1-c1ccc(O[C@H]2c3cc(Cl)ccc3C[C@@H]2N2CCC(F)C2)c(F)c1. The maximum atomic E-state index is 15.1. The molecule has 31 heavy (non-hydrogen) atoms. The van der Waals surface area contributed by atoms with Gasteiger partial charge in [-0.15, -0.1) is 10.2 Å². The summed E-state index contributed by atoms with van der Waals surface area (Å²) < 4.78 is 37.0. The van der Waals surface area contributed by atoms with Crippen LogP contribution in [0.1, 0.15) is 35.3 Å². The van der Waals surface area contributed by atoms with E-state index in [1.54, 1.807) is 16.7 Å². The molecule has 0 bridgehead atoms. The van der Waals surface area contributed by atoms with E-state index in [0.29, 0.717) is 41.9 Å². The molecule has 2 aliphatic rings. The van der Waals surface area contributed by atoms with Crippen molar-refractivity contribution < 1.29 is 13.5 Å². The molecule has 162 valence electrons. The lowest BCUT2D eigenvalue weighted by Crippen LogP contribution is -2.38. The van der Waals surface area contributed by atoms with Crippen molar-refractivity contribution >= 4 is 11.6 Å². The van der Waals surface area contributed by atoms with Crippen LogP contribution in [-0.4, -0.2) is 45.0 Å². The van der Waals surface area contributed by atoms with Gasteiger partial charge in [0.15, 0.2) is 11.6 Å². The Morgan fingerprint density at radius 3 is 2.55 bits per heavy atom. The predicted molar refractivity (Wildman–Crippen MR) is 114 cm³/mol. The number of rotatable bonds is 4. The molecule has 2 aromatic carbocycles. The molecule has 1 aliphatic carbocycles. The lowest BCUT2D eigenvalue weighted by molar-refractivity contribution is 0.0864. The Morgan fingerprint density at radius 1 is 1.10 bits per heavy atom. The monoisotopic (exact) mass is 444 g/mol. The van der Waals surface area contributed by atoms with Crippen molar-refractivity contribution in [2.45, 2.75) is 45.0 Å². The van der Waals surface area contributed by atoms with E-state index in [0.717, 1.165) is 17.5 Å². The van der Waals surface area contributed by atoms with Crippen molar-refractivity contribution in [1.82, 2.24) is 19.7 Å². The van der Waals surface area contributed by atoms with Gasteiger partial charge >= 0.3 is 0 Å². The van der Waals surface area contributed by atoms with Crippen LogP contribution in [-0.2, 0) is 6.42 Å². The summed E-state index contributed by atoms with van der Waals surface area (Å²) in [6.45, 7) is 4.68. The molecule has 0 amide bonds. The third kappa shape index (κ3) is 3.70. The zero-order chi connectivity index (χ0) is 21.7. The summed E-state index contributed by atoms with van der Waals surface area (Å²) in [5.74, 6) is 1.05. The number of aromatic nitrogens is 3. The summed E-state index contributed by atoms with van der Waals surface area (Å²) >= 11 is 6.24. The van der Waals surface area contributed by atoms with Crippen molar-refractivity contribution in [3.8, 4) is 11.4 Å². The van der Waals surface area contributed by atoms with E-state index >= 15 is 4.39 Å². The number of aryl methyl sites for hydroxylation is 2. The van der Waals surface area contributed by atoms with Crippen LogP contribution in [0.5, 0.6) is 5.75 Å². The Hall–Kier alpha value is -2.51. The second kappa shape index (κ2) is 7.88. The fourth-order valence-electron chi connectivity index (χ4n) is 4.77. The second-order valence-corrected chi connectivity index (χ2v) is 8.71. The van der Waals surface area contributed by atoms with Gasteiger partial charge in [-0.2, -0.15) is 0 Å². The molecule has 1 fully saturated rings. The first-order chi connectivity index (χ1) is 14.9. The molecule has 3 aromatic rings. The summed E-state index contributed by atoms with van der Waals surface area (Å²) in [5.41, 5.74) is 2.68. The molecular formula is C23H23ClF2N4O. The van der Waals surface area contributed by atoms with E-state index < -0.39 is 18.1 Å². The highest BCUT2D eigenvalue weighted by atomic mass is 35.5. The smallest absolute Gasteiger partial charge is 0.167 e. The first kappa shape index (κ1) is 20.4. The van der Waals surface area contributed by atoms with Gasteiger partial charge in [-0.1, -0.05) is 17.7 Å². The normalized spacial score (nSPS) is 23.3. The van der Waals surface area contributed by atoms with Crippen LogP contribution in [0.2, 0.25) is 5.02 Å². The number of halogens is 3. The summed E-state index contributed by atoms with van der Waals surface area (Å²) in [5, 5.41) is 8.67. The van der Waals surface area contributed by atoms with Crippen LogP contribution in [0.15, 0.2) is 36.4 Å². The number of fused-ring (bicyclic) bond motifs is 1. The molecule has 0 radical (unpaired) electrons. The van der Waals surface area contributed by atoms with E-state index in [4.69, 9.17) is 16.3 Å². The van der Waals surface area contributed by atoms with Crippen LogP contribution in [0.3, 0.4) is 0 Å². The second-order valence-electron chi connectivity index (χ2n) is 8.28. The summed E-state index contributed by atoms with van der Waals surface area (Å²) in [6.07, 6.45) is -0.0130. The van der Waals surface area contributed by atoms with Crippen LogP contribution in [0.25, 0.3) is 5.69 Å². The first-order valence-electron chi connectivity index (χ1n) is 10.4. The fraction of sp³-hybridized carbons (Fsp3) is 0.391. The lowest BCUT2D eigenvalue weighted by Gasteiger charge is -2.30. The molecule has 1 aromatic heterocycles. The number of hydrogen-bond donors (Lipinski definition) is 0. The van der Waals surface area contributed by atoms with E-state index in [-0.39, 0.29) is 11.8 Å². The molecule has 0 saturated carbocycles. The quantitative estimate of drug-likeness (QED) is 0.581. The molecule has 0 N–H and O–H groups in total. The van der Waals surface area contributed by atoms with Gasteiger partial charge in [-0.05, 0) is 62.1 Å². The number of hydrogen-bond acceptors (Lipinski definition) is 4. The predicted octanol–water partition coefficient (Wildman–Crippen LogP) is 4.77. The van der Waals surface area contributed by atoms with Gasteiger partial charge in [0.1, 0.15) is 23.9 Å². The number of ether oxygens (including phenoxy) is 1. The van der Waals surface area contributed by atoms with Gasteiger partial charge in [-0.25, -0.2) is 8.78 Å². The first-order valence-corrected chi connectivity index (χ1v) is 10.8. The minimum Gasteiger partial charge on any atom is -0.481 e. The van der Waals surface area contributed by atoms with E-state index in [9.17, 15) is 4.39 Å². The fourth-order valence-corrected chi connectivity index (χ4v) is 4.95. The Labute approximate surface area is 184 Å². The largest absolute Gasteiger partial charge is 0.481 e. The molecule has 5 nitrogen and oxygen atoms in total. The van der Waals surface area contributed by atoms with Gasteiger partial charge < -0.3 is 4.74 Å². The zero-order valence-corrected chi connectivity index (χ0v) is 18.1. The lowest BCUT2D eigenvalue weighted by atomic mass is 10.1. The van der Waals surface area contributed by atoms with Crippen molar-refractivity contribution in [3.63, 3.8) is 0 Å². The van der Waals surface area contributed by atoms with Crippen molar-refractivity contribution in [1.29, 1.82) is 0 Å². The van der Waals surface area contributed by atoms with Crippen LogP contribution < -0.4 is 4.74 Å². The molecular weight excluding hydrogens is 422 g/mol. The number of alkyl halides is 1. The Balaban J connectivity index is 1.47. The maximum absolute atomic E-state index is 15.1. The number of benzene rings is 2. The number of nitrogens with zero attached hydrogens (tertiary/aromatic N) is 4. The molecule has 2 heterocycles. The Kier molecular flexibility index (Phi) is 5.18. The van der Waals surface area contributed by atoms with Crippen molar-refractivity contribution in [2.75, 3.05) is 13.1 Å². The molecule has 1 unspecified atom stereocenters. The zero-order valence-electron chi connectivity index (χ0n) is 17.4. The molecule has 1 saturated heterocycles. The summed E-state index contributed by atoms with van der Waals surface area (Å²) in [4.78, 5) is 2.11. The van der Waals surface area contributed by atoms with E-state index in [2.05, 4.69) is 15.1 Å². The van der Waals surface area contributed by atoms with Crippen molar-refractivity contribution in [3.05, 3.63) is 70.0 Å². The number of likely N-dealkylation sites (tertiary alicyclic amines) is 1. The Morgan fingerprint density at radius 2 is 1.87 bits per heavy atom. The molecule has 1 aliphatic heterocycles. The molecule has 0 spiro atoms. The minimum atomic E-state index is -0.834. The van der Waals surface area contributed by atoms with Crippen LogP contribution in [0, 0.1) is 19.7 Å². The third-order valence-corrected chi connectivity index (χ3v) is 6.47. The van der Waals surface area contributed by atoms with Gasteiger partial charge in [0.25, 0.3) is 0 Å². The highest BCUT2D eigenvalue weighted by Crippen LogP contribution is 2.41. The standard InChI is InChI=1S/C23H23ClF2N4O/c1-13-27-28-14(2)30(13)18-5-6-22(20(26)11-18)31-23-19-10-16(24)4-3-15(19)9-21(23)29-8-7-17(25)12-29/h3-6,10-11,17,21,23H,7-9,12H2,1-2H3/t17?,21-,23-/m0/s1.